The number of nitriles is 1. The highest BCUT2D eigenvalue weighted by Gasteiger charge is 2.29. The van der Waals surface area contributed by atoms with Gasteiger partial charge in [-0.25, -0.2) is 4.68 Å². The van der Waals surface area contributed by atoms with Crippen LogP contribution < -0.4 is 5.32 Å². The quantitative estimate of drug-likeness (QED) is 0.790. The van der Waals surface area contributed by atoms with Crippen LogP contribution in [0.5, 0.6) is 0 Å². The molecule has 0 aliphatic heterocycles. The first-order valence-electron chi connectivity index (χ1n) is 8.21. The van der Waals surface area contributed by atoms with Crippen molar-refractivity contribution in [1.82, 2.24) is 9.78 Å². The summed E-state index contributed by atoms with van der Waals surface area (Å²) in [6.07, 6.45) is 2.24. The van der Waals surface area contributed by atoms with Crippen LogP contribution in [-0.4, -0.2) is 15.7 Å². The van der Waals surface area contributed by atoms with E-state index in [4.69, 9.17) is 5.26 Å². The summed E-state index contributed by atoms with van der Waals surface area (Å²) in [5.74, 6) is 0.219. The molecule has 122 valence electrons. The molecular weight excluding hydrogens is 312 g/mol. The summed E-state index contributed by atoms with van der Waals surface area (Å²) in [6.45, 7) is 0. The third kappa shape index (κ3) is 3.15. The Morgan fingerprint density at radius 3 is 2.64 bits per heavy atom. The van der Waals surface area contributed by atoms with Gasteiger partial charge in [-0.15, -0.1) is 0 Å². The molecule has 4 rings (SSSR count). The molecule has 1 amide bonds. The first-order valence-corrected chi connectivity index (χ1v) is 8.21. The number of carbonyl (C=O) groups is 1. The number of para-hydroxylation sites is 1. The minimum atomic E-state index is -0.238. The third-order valence-corrected chi connectivity index (χ3v) is 4.21. The average Bonchev–Trinajstić information content (AvgIpc) is 3.41. The number of aromatic nitrogens is 2. The Kier molecular flexibility index (Phi) is 3.79. The minimum Gasteiger partial charge on any atom is -0.321 e. The maximum atomic E-state index is 12.8. The Morgan fingerprint density at radius 2 is 1.92 bits per heavy atom. The zero-order chi connectivity index (χ0) is 17.2. The maximum absolute atomic E-state index is 12.8. The molecule has 0 spiro atoms. The molecule has 5 nitrogen and oxygen atoms in total. The molecule has 2 aromatic carbocycles. The third-order valence-electron chi connectivity index (χ3n) is 4.21. The second-order valence-corrected chi connectivity index (χ2v) is 6.12. The summed E-state index contributed by atoms with van der Waals surface area (Å²) in [5.41, 5.74) is 3.41. The van der Waals surface area contributed by atoms with Crippen LogP contribution in [0.4, 0.5) is 5.69 Å². The number of anilines is 1. The molecule has 0 saturated heterocycles. The first kappa shape index (κ1) is 15.2. The Morgan fingerprint density at radius 1 is 1.12 bits per heavy atom. The van der Waals surface area contributed by atoms with Crippen LogP contribution in [0.1, 0.15) is 40.5 Å². The van der Waals surface area contributed by atoms with Crippen molar-refractivity contribution < 1.29 is 4.79 Å². The van der Waals surface area contributed by atoms with Gasteiger partial charge in [0.1, 0.15) is 5.69 Å². The first-order chi connectivity index (χ1) is 12.2. The van der Waals surface area contributed by atoms with Gasteiger partial charge in [-0.05, 0) is 49.2 Å². The highest BCUT2D eigenvalue weighted by molar-refractivity contribution is 6.03. The van der Waals surface area contributed by atoms with Gasteiger partial charge in [0.15, 0.2) is 0 Å². The van der Waals surface area contributed by atoms with Crippen molar-refractivity contribution in [2.45, 2.75) is 18.8 Å². The molecule has 0 radical (unpaired) electrons. The summed E-state index contributed by atoms with van der Waals surface area (Å²) in [4.78, 5) is 12.8. The summed E-state index contributed by atoms with van der Waals surface area (Å²) in [7, 11) is 0. The Bertz CT molecular complexity index is 965. The van der Waals surface area contributed by atoms with E-state index in [-0.39, 0.29) is 5.91 Å². The molecule has 0 bridgehead atoms. The fourth-order valence-corrected chi connectivity index (χ4v) is 2.77. The SMILES string of the molecule is N#Cc1cccc(NC(=O)c2cc(C3CC3)nn2-c2ccccc2)c1. The topological polar surface area (TPSA) is 70.7 Å². The molecule has 1 aromatic heterocycles. The van der Waals surface area contributed by atoms with E-state index in [0.29, 0.717) is 22.9 Å². The Balaban J connectivity index is 1.68. The lowest BCUT2D eigenvalue weighted by Crippen LogP contribution is -2.17. The van der Waals surface area contributed by atoms with Crippen LogP contribution in [0, 0.1) is 11.3 Å². The highest BCUT2D eigenvalue weighted by atomic mass is 16.2. The number of nitrogens with zero attached hydrogens (tertiary/aromatic N) is 3. The van der Waals surface area contributed by atoms with Gasteiger partial charge in [0, 0.05) is 11.6 Å². The fourth-order valence-electron chi connectivity index (χ4n) is 2.77. The molecule has 1 N–H and O–H groups in total. The number of carbonyl (C=O) groups excluding carboxylic acids is 1. The van der Waals surface area contributed by atoms with Crippen molar-refractivity contribution in [2.75, 3.05) is 5.32 Å². The van der Waals surface area contributed by atoms with E-state index in [1.165, 1.54) is 0 Å². The van der Waals surface area contributed by atoms with Crippen LogP contribution in [0.25, 0.3) is 5.69 Å². The van der Waals surface area contributed by atoms with Gasteiger partial charge in [-0.3, -0.25) is 4.79 Å². The molecule has 1 heterocycles. The van der Waals surface area contributed by atoms with Crippen LogP contribution in [-0.2, 0) is 0 Å². The standard InChI is InChI=1S/C20H16N4O/c21-13-14-5-4-6-16(11-14)22-20(25)19-12-18(15-9-10-15)23-24(19)17-7-2-1-3-8-17/h1-8,11-12,15H,9-10H2,(H,22,25). The lowest BCUT2D eigenvalue weighted by molar-refractivity contribution is 0.101. The van der Waals surface area contributed by atoms with E-state index in [2.05, 4.69) is 16.5 Å². The van der Waals surface area contributed by atoms with Crippen LogP contribution in [0.3, 0.4) is 0 Å². The van der Waals surface area contributed by atoms with Gasteiger partial charge in [0.2, 0.25) is 0 Å². The number of hydrogen-bond donors (Lipinski definition) is 1. The van der Waals surface area contributed by atoms with Crippen molar-refractivity contribution in [3.8, 4) is 11.8 Å². The average molecular weight is 328 g/mol. The van der Waals surface area contributed by atoms with E-state index >= 15 is 0 Å². The number of benzene rings is 2. The molecule has 3 aromatic rings. The normalized spacial score (nSPS) is 13.2. The predicted molar refractivity (Wildman–Crippen MR) is 94.6 cm³/mol. The number of amides is 1. The Labute approximate surface area is 145 Å². The van der Waals surface area contributed by atoms with E-state index in [1.54, 1.807) is 28.9 Å². The lowest BCUT2D eigenvalue weighted by atomic mass is 10.2. The molecule has 1 fully saturated rings. The minimum absolute atomic E-state index is 0.238. The monoisotopic (exact) mass is 328 g/mol. The molecule has 5 heteroatoms. The van der Waals surface area contributed by atoms with Crippen molar-refractivity contribution in [3.05, 3.63) is 77.6 Å². The van der Waals surface area contributed by atoms with Crippen molar-refractivity contribution in [3.63, 3.8) is 0 Å². The molecule has 1 saturated carbocycles. The predicted octanol–water partition coefficient (Wildman–Crippen LogP) is 3.87. The molecular formula is C20H16N4O. The van der Waals surface area contributed by atoms with Gasteiger partial charge in [0.05, 0.1) is 23.0 Å². The van der Waals surface area contributed by atoms with E-state index in [1.807, 2.05) is 36.4 Å². The van der Waals surface area contributed by atoms with Gasteiger partial charge < -0.3 is 5.32 Å². The Hall–Kier alpha value is -3.39. The van der Waals surface area contributed by atoms with Crippen molar-refractivity contribution in [2.24, 2.45) is 0 Å². The molecule has 1 aliphatic carbocycles. The number of nitrogens with one attached hydrogen (secondary N) is 1. The summed E-state index contributed by atoms with van der Waals surface area (Å²) in [5, 5.41) is 16.5. The number of rotatable bonds is 4. The largest absolute Gasteiger partial charge is 0.321 e. The van der Waals surface area contributed by atoms with E-state index in [9.17, 15) is 4.79 Å². The van der Waals surface area contributed by atoms with Crippen molar-refractivity contribution in [1.29, 1.82) is 5.26 Å². The maximum Gasteiger partial charge on any atom is 0.274 e. The molecule has 1 aliphatic rings. The highest BCUT2D eigenvalue weighted by Crippen LogP contribution is 2.39. The van der Waals surface area contributed by atoms with E-state index in [0.717, 1.165) is 24.2 Å². The smallest absolute Gasteiger partial charge is 0.274 e. The van der Waals surface area contributed by atoms with Crippen LogP contribution in [0.2, 0.25) is 0 Å². The summed E-state index contributed by atoms with van der Waals surface area (Å²) < 4.78 is 1.69. The molecule has 0 unspecified atom stereocenters. The van der Waals surface area contributed by atoms with Gasteiger partial charge in [-0.2, -0.15) is 10.4 Å². The molecule has 25 heavy (non-hydrogen) atoms. The summed E-state index contributed by atoms with van der Waals surface area (Å²) >= 11 is 0. The zero-order valence-corrected chi connectivity index (χ0v) is 13.5. The zero-order valence-electron chi connectivity index (χ0n) is 13.5. The van der Waals surface area contributed by atoms with Crippen molar-refractivity contribution >= 4 is 11.6 Å². The molecule has 0 atom stereocenters. The fraction of sp³-hybridized carbons (Fsp3) is 0.150. The number of hydrogen-bond acceptors (Lipinski definition) is 3. The van der Waals surface area contributed by atoms with Gasteiger partial charge in [0.25, 0.3) is 5.91 Å². The van der Waals surface area contributed by atoms with Crippen LogP contribution >= 0.6 is 0 Å². The van der Waals surface area contributed by atoms with Gasteiger partial charge >= 0.3 is 0 Å². The second-order valence-electron chi connectivity index (χ2n) is 6.12. The van der Waals surface area contributed by atoms with E-state index < -0.39 is 0 Å². The summed E-state index contributed by atoms with van der Waals surface area (Å²) in [6, 6.07) is 20.5. The van der Waals surface area contributed by atoms with Gasteiger partial charge in [-0.1, -0.05) is 24.3 Å². The van der Waals surface area contributed by atoms with Crippen LogP contribution in [0.15, 0.2) is 60.7 Å². The second kappa shape index (κ2) is 6.25. The lowest BCUT2D eigenvalue weighted by Gasteiger charge is -2.08.